The molecule has 3 rings (SSSR count). The summed E-state index contributed by atoms with van der Waals surface area (Å²) in [4.78, 5) is 0. The van der Waals surface area contributed by atoms with Crippen molar-refractivity contribution in [2.45, 2.75) is 6.42 Å². The van der Waals surface area contributed by atoms with Gasteiger partial charge in [-0.05, 0) is 23.3 Å². The Balaban J connectivity index is 2.00. The molecule has 2 aromatic rings. The minimum Gasteiger partial charge on any atom is -0.490 e. The summed E-state index contributed by atoms with van der Waals surface area (Å²) < 4.78 is 11.3. The molecule has 0 aliphatic carbocycles. The van der Waals surface area contributed by atoms with Gasteiger partial charge in [0.15, 0.2) is 11.5 Å². The smallest absolute Gasteiger partial charge is 0.161 e. The van der Waals surface area contributed by atoms with Crippen LogP contribution in [0.25, 0.3) is 11.1 Å². The van der Waals surface area contributed by atoms with Crippen molar-refractivity contribution in [1.29, 1.82) is 0 Å². The molecule has 0 amide bonds. The predicted octanol–water partition coefficient (Wildman–Crippen LogP) is 3.51. The third-order valence-corrected chi connectivity index (χ3v) is 2.85. The second-order valence-corrected chi connectivity index (χ2v) is 4.08. The van der Waals surface area contributed by atoms with Gasteiger partial charge in [0.05, 0.1) is 13.2 Å². The lowest BCUT2D eigenvalue weighted by molar-refractivity contribution is 0.297. The molecule has 1 aliphatic heterocycles. The van der Waals surface area contributed by atoms with Gasteiger partial charge in [-0.3, -0.25) is 0 Å². The van der Waals surface area contributed by atoms with Crippen LogP contribution in [0.4, 0.5) is 0 Å². The lowest BCUT2D eigenvalue weighted by Crippen LogP contribution is -1.97. The fourth-order valence-electron chi connectivity index (χ4n) is 1.97. The van der Waals surface area contributed by atoms with Crippen molar-refractivity contribution >= 4 is 0 Å². The third kappa shape index (κ3) is 2.11. The largest absolute Gasteiger partial charge is 0.490 e. The zero-order chi connectivity index (χ0) is 11.5. The number of ether oxygens (including phenoxy) is 2. The summed E-state index contributed by atoms with van der Waals surface area (Å²) in [6.07, 6.45) is 0.940. The maximum Gasteiger partial charge on any atom is 0.161 e. The highest BCUT2D eigenvalue weighted by atomic mass is 16.5. The lowest BCUT2D eigenvalue weighted by atomic mass is 10.1. The molecule has 1 heterocycles. The number of rotatable bonds is 1. The second kappa shape index (κ2) is 4.50. The first-order chi connectivity index (χ1) is 8.43. The van der Waals surface area contributed by atoms with E-state index in [1.165, 1.54) is 5.56 Å². The van der Waals surface area contributed by atoms with Crippen molar-refractivity contribution in [1.82, 2.24) is 0 Å². The summed E-state index contributed by atoms with van der Waals surface area (Å²) >= 11 is 0. The molecule has 0 bridgehead atoms. The molecular formula is C15H14O2. The van der Waals surface area contributed by atoms with Crippen LogP contribution in [0.3, 0.4) is 0 Å². The molecule has 0 fully saturated rings. The van der Waals surface area contributed by atoms with Gasteiger partial charge >= 0.3 is 0 Å². The Morgan fingerprint density at radius 2 is 1.47 bits per heavy atom. The molecule has 0 unspecified atom stereocenters. The van der Waals surface area contributed by atoms with E-state index in [9.17, 15) is 0 Å². The SMILES string of the molecule is c1ccc(-c2ccc3c(c2)OCCCO3)cc1. The lowest BCUT2D eigenvalue weighted by Gasteiger charge is -2.09. The Kier molecular flexibility index (Phi) is 2.70. The molecule has 2 aromatic carbocycles. The quantitative estimate of drug-likeness (QED) is 0.740. The summed E-state index contributed by atoms with van der Waals surface area (Å²) in [6, 6.07) is 16.4. The van der Waals surface area contributed by atoms with Crippen molar-refractivity contribution in [3.8, 4) is 22.6 Å². The van der Waals surface area contributed by atoms with Crippen molar-refractivity contribution in [2.75, 3.05) is 13.2 Å². The van der Waals surface area contributed by atoms with Crippen LogP contribution in [0.5, 0.6) is 11.5 Å². The van der Waals surface area contributed by atoms with Gasteiger partial charge in [0.25, 0.3) is 0 Å². The summed E-state index contributed by atoms with van der Waals surface area (Å²) in [7, 11) is 0. The maximum atomic E-state index is 5.69. The molecule has 0 saturated heterocycles. The summed E-state index contributed by atoms with van der Waals surface area (Å²) in [5.41, 5.74) is 2.36. The molecule has 0 aromatic heterocycles. The second-order valence-electron chi connectivity index (χ2n) is 4.08. The van der Waals surface area contributed by atoms with E-state index in [-0.39, 0.29) is 0 Å². The van der Waals surface area contributed by atoms with E-state index < -0.39 is 0 Å². The molecule has 0 atom stereocenters. The molecule has 2 heteroatoms. The highest BCUT2D eigenvalue weighted by Gasteiger charge is 2.10. The Hall–Kier alpha value is -1.96. The molecule has 0 spiro atoms. The molecular weight excluding hydrogens is 212 g/mol. The van der Waals surface area contributed by atoms with Crippen LogP contribution in [-0.2, 0) is 0 Å². The van der Waals surface area contributed by atoms with Gasteiger partial charge in [-0.15, -0.1) is 0 Å². The van der Waals surface area contributed by atoms with Crippen molar-refractivity contribution in [3.05, 3.63) is 48.5 Å². The summed E-state index contributed by atoms with van der Waals surface area (Å²) in [5, 5.41) is 0. The van der Waals surface area contributed by atoms with E-state index in [0.717, 1.165) is 36.7 Å². The van der Waals surface area contributed by atoms with Gasteiger partial charge in [0, 0.05) is 6.42 Å². The number of hydrogen-bond donors (Lipinski definition) is 0. The Labute approximate surface area is 101 Å². The van der Waals surface area contributed by atoms with Crippen molar-refractivity contribution in [2.24, 2.45) is 0 Å². The normalized spacial score (nSPS) is 14.1. The van der Waals surface area contributed by atoms with Gasteiger partial charge in [-0.25, -0.2) is 0 Å². The third-order valence-electron chi connectivity index (χ3n) is 2.85. The number of hydrogen-bond acceptors (Lipinski definition) is 2. The maximum absolute atomic E-state index is 5.69. The minimum atomic E-state index is 0.727. The van der Waals surface area contributed by atoms with E-state index in [0.29, 0.717) is 0 Å². The first-order valence-electron chi connectivity index (χ1n) is 5.88. The van der Waals surface area contributed by atoms with Crippen LogP contribution in [0.2, 0.25) is 0 Å². The number of fused-ring (bicyclic) bond motifs is 1. The molecule has 0 saturated carbocycles. The van der Waals surface area contributed by atoms with E-state index in [1.807, 2.05) is 24.3 Å². The molecule has 1 aliphatic rings. The van der Waals surface area contributed by atoms with Crippen LogP contribution in [0.1, 0.15) is 6.42 Å². The average Bonchev–Trinajstić information content (AvgIpc) is 2.64. The topological polar surface area (TPSA) is 18.5 Å². The van der Waals surface area contributed by atoms with Gasteiger partial charge in [0.1, 0.15) is 0 Å². The first-order valence-corrected chi connectivity index (χ1v) is 5.88. The van der Waals surface area contributed by atoms with Gasteiger partial charge in [0.2, 0.25) is 0 Å². The van der Waals surface area contributed by atoms with Crippen LogP contribution in [-0.4, -0.2) is 13.2 Å². The van der Waals surface area contributed by atoms with Crippen LogP contribution in [0, 0.1) is 0 Å². The fourth-order valence-corrected chi connectivity index (χ4v) is 1.97. The zero-order valence-corrected chi connectivity index (χ0v) is 9.56. The van der Waals surface area contributed by atoms with Gasteiger partial charge in [-0.1, -0.05) is 36.4 Å². The van der Waals surface area contributed by atoms with Crippen molar-refractivity contribution < 1.29 is 9.47 Å². The van der Waals surface area contributed by atoms with Crippen LogP contribution < -0.4 is 9.47 Å². The standard InChI is InChI=1S/C15H14O2/c1-2-5-12(6-3-1)13-7-8-14-15(11-13)17-10-4-9-16-14/h1-3,5-8,11H,4,9-10H2. The minimum absolute atomic E-state index is 0.727. The predicted molar refractivity (Wildman–Crippen MR) is 67.5 cm³/mol. The fraction of sp³-hybridized carbons (Fsp3) is 0.200. The van der Waals surface area contributed by atoms with E-state index in [1.54, 1.807) is 0 Å². The van der Waals surface area contributed by atoms with Gasteiger partial charge in [-0.2, -0.15) is 0 Å². The van der Waals surface area contributed by atoms with Crippen molar-refractivity contribution in [3.63, 3.8) is 0 Å². The average molecular weight is 226 g/mol. The Morgan fingerprint density at radius 1 is 0.706 bits per heavy atom. The number of benzene rings is 2. The molecule has 0 radical (unpaired) electrons. The zero-order valence-electron chi connectivity index (χ0n) is 9.56. The Bertz CT molecular complexity index is 506. The highest BCUT2D eigenvalue weighted by molar-refractivity contribution is 5.67. The van der Waals surface area contributed by atoms with E-state index in [2.05, 4.69) is 24.3 Å². The highest BCUT2D eigenvalue weighted by Crippen LogP contribution is 2.33. The van der Waals surface area contributed by atoms with E-state index in [4.69, 9.17) is 9.47 Å². The van der Waals surface area contributed by atoms with E-state index >= 15 is 0 Å². The molecule has 17 heavy (non-hydrogen) atoms. The Morgan fingerprint density at radius 3 is 2.29 bits per heavy atom. The van der Waals surface area contributed by atoms with Crippen LogP contribution >= 0.6 is 0 Å². The summed E-state index contributed by atoms with van der Waals surface area (Å²) in [5.74, 6) is 1.70. The molecule has 2 nitrogen and oxygen atoms in total. The molecule has 86 valence electrons. The molecule has 0 N–H and O–H groups in total. The first kappa shape index (κ1) is 10.2. The van der Waals surface area contributed by atoms with Gasteiger partial charge < -0.3 is 9.47 Å². The summed E-state index contributed by atoms with van der Waals surface area (Å²) in [6.45, 7) is 1.46. The van der Waals surface area contributed by atoms with Crippen LogP contribution in [0.15, 0.2) is 48.5 Å². The monoisotopic (exact) mass is 226 g/mol.